The molecule has 5 nitrogen and oxygen atoms in total. The molecule has 1 aromatic carbocycles. The first kappa shape index (κ1) is 15.9. The fourth-order valence-corrected chi connectivity index (χ4v) is 3.13. The van der Waals surface area contributed by atoms with Crippen LogP contribution in [0.15, 0.2) is 54.9 Å². The van der Waals surface area contributed by atoms with Crippen molar-refractivity contribution in [3.8, 4) is 11.8 Å². The first-order valence-electron chi connectivity index (χ1n) is 8.18. The highest BCUT2D eigenvalue weighted by atomic mass is 16.1. The molecule has 0 N–H and O–H groups in total. The topological polar surface area (TPSA) is 49.3 Å². The molecule has 1 aliphatic heterocycles. The van der Waals surface area contributed by atoms with E-state index in [-0.39, 0.29) is 0 Å². The molecule has 3 heterocycles. The smallest absolute Gasteiger partial charge is 0.159 e. The summed E-state index contributed by atoms with van der Waals surface area (Å²) in [6, 6.07) is 13.4. The van der Waals surface area contributed by atoms with Crippen molar-refractivity contribution in [3.63, 3.8) is 0 Å². The summed E-state index contributed by atoms with van der Waals surface area (Å²) in [5.41, 5.74) is 4.00. The van der Waals surface area contributed by atoms with Crippen LogP contribution in [0.1, 0.15) is 21.5 Å². The van der Waals surface area contributed by atoms with Gasteiger partial charge in [-0.3, -0.25) is 4.79 Å². The Hall–Kier alpha value is -3.65. The average Bonchev–Trinajstić information content (AvgIpc) is 2.70. The zero-order valence-electron chi connectivity index (χ0n) is 14.5. The van der Waals surface area contributed by atoms with Gasteiger partial charge in [-0.2, -0.15) is 0 Å². The normalized spacial score (nSPS) is 11.9. The Morgan fingerprint density at radius 1 is 0.846 bits per heavy atom. The zero-order valence-corrected chi connectivity index (χ0v) is 14.5. The Balaban J connectivity index is 1.88. The minimum atomic E-state index is 0.584. The molecule has 0 spiro atoms. The second-order valence-corrected chi connectivity index (χ2v) is 5.96. The third kappa shape index (κ3) is 2.49. The number of hydrogen-bond acceptors (Lipinski definition) is 5. The number of carbonyl (C=O) groups excluding carboxylic acids is 1. The van der Waals surface area contributed by atoms with Gasteiger partial charge in [0.15, 0.2) is 17.9 Å². The number of fused-ring (bicyclic) bond motifs is 2. The van der Waals surface area contributed by atoms with E-state index in [1.54, 1.807) is 18.5 Å². The van der Waals surface area contributed by atoms with Crippen molar-refractivity contribution in [1.29, 1.82) is 0 Å². The van der Waals surface area contributed by atoms with Crippen molar-refractivity contribution in [1.82, 2.24) is 9.97 Å². The van der Waals surface area contributed by atoms with E-state index in [2.05, 4.69) is 21.8 Å². The van der Waals surface area contributed by atoms with Crippen LogP contribution in [-0.2, 0) is 0 Å². The van der Waals surface area contributed by atoms with Gasteiger partial charge in [0, 0.05) is 37.6 Å². The first-order valence-corrected chi connectivity index (χ1v) is 8.18. The van der Waals surface area contributed by atoms with Crippen molar-refractivity contribution in [2.24, 2.45) is 0 Å². The molecule has 2 aromatic heterocycles. The number of rotatable bonds is 1. The van der Waals surface area contributed by atoms with Gasteiger partial charge in [0.25, 0.3) is 0 Å². The predicted octanol–water partition coefficient (Wildman–Crippen LogP) is 3.54. The highest BCUT2D eigenvalue weighted by Gasteiger charge is 2.30. The van der Waals surface area contributed by atoms with Gasteiger partial charge < -0.3 is 9.80 Å². The number of hydrogen-bond donors (Lipinski definition) is 0. The number of benzene rings is 1. The predicted molar refractivity (Wildman–Crippen MR) is 102 cm³/mol. The molecule has 0 aliphatic carbocycles. The Bertz CT molecular complexity index is 1050. The summed E-state index contributed by atoms with van der Waals surface area (Å²) in [6.45, 7) is 0. The summed E-state index contributed by atoms with van der Waals surface area (Å²) in [5.74, 6) is 7.89. The van der Waals surface area contributed by atoms with E-state index in [1.165, 1.54) is 0 Å². The molecule has 0 unspecified atom stereocenters. The Morgan fingerprint density at radius 3 is 2.27 bits per heavy atom. The Kier molecular flexibility index (Phi) is 3.86. The van der Waals surface area contributed by atoms with Crippen molar-refractivity contribution < 1.29 is 4.79 Å². The molecule has 5 heteroatoms. The second kappa shape index (κ2) is 6.34. The van der Waals surface area contributed by atoms with Gasteiger partial charge in [0.1, 0.15) is 5.69 Å². The van der Waals surface area contributed by atoms with Gasteiger partial charge in [-0.1, -0.05) is 30.0 Å². The summed E-state index contributed by atoms with van der Waals surface area (Å²) in [4.78, 5) is 24.3. The van der Waals surface area contributed by atoms with E-state index >= 15 is 0 Å². The van der Waals surface area contributed by atoms with E-state index in [1.807, 2.05) is 60.3 Å². The van der Waals surface area contributed by atoms with Gasteiger partial charge in [0.05, 0.1) is 11.3 Å². The molecule has 4 rings (SSSR count). The van der Waals surface area contributed by atoms with Gasteiger partial charge in [-0.05, 0) is 24.3 Å². The largest absolute Gasteiger partial charge is 0.337 e. The van der Waals surface area contributed by atoms with Crippen molar-refractivity contribution >= 4 is 29.3 Å². The summed E-state index contributed by atoms with van der Waals surface area (Å²) in [6.07, 6.45) is 4.23. The van der Waals surface area contributed by atoms with E-state index in [9.17, 15) is 4.79 Å². The Labute approximate surface area is 151 Å². The molecule has 126 valence electrons. The molecule has 0 amide bonds. The van der Waals surface area contributed by atoms with E-state index < -0.39 is 0 Å². The van der Waals surface area contributed by atoms with Crippen LogP contribution in [0, 0.1) is 11.8 Å². The molecule has 0 fully saturated rings. The van der Waals surface area contributed by atoms with Crippen LogP contribution in [0.5, 0.6) is 0 Å². The van der Waals surface area contributed by atoms with Crippen LogP contribution in [0.25, 0.3) is 0 Å². The van der Waals surface area contributed by atoms with Crippen LogP contribution in [-0.4, -0.2) is 30.3 Å². The highest BCUT2D eigenvalue weighted by Crippen LogP contribution is 2.46. The van der Waals surface area contributed by atoms with Crippen LogP contribution < -0.4 is 9.80 Å². The van der Waals surface area contributed by atoms with E-state index in [0.717, 1.165) is 34.6 Å². The number of carbonyl (C=O) groups is 1. The fraction of sp³-hybridized carbons (Fsp3) is 0.0952. The minimum Gasteiger partial charge on any atom is -0.337 e. The monoisotopic (exact) mass is 340 g/mol. The average molecular weight is 340 g/mol. The fourth-order valence-electron chi connectivity index (χ4n) is 3.13. The molecule has 1 aliphatic rings. The lowest BCUT2D eigenvalue weighted by atomic mass is 10.1. The molecular weight excluding hydrogens is 324 g/mol. The van der Waals surface area contributed by atoms with Gasteiger partial charge in [-0.25, -0.2) is 9.97 Å². The zero-order chi connectivity index (χ0) is 18.1. The van der Waals surface area contributed by atoms with E-state index in [0.29, 0.717) is 11.4 Å². The number of aromatic nitrogens is 2. The quantitative estimate of drug-likeness (QED) is 0.501. The maximum absolute atomic E-state index is 11.5. The number of pyridine rings is 2. The lowest BCUT2D eigenvalue weighted by Crippen LogP contribution is -2.28. The molecule has 0 radical (unpaired) electrons. The molecule has 0 saturated carbocycles. The minimum absolute atomic E-state index is 0.584. The van der Waals surface area contributed by atoms with Gasteiger partial charge in [0.2, 0.25) is 0 Å². The molecule has 0 saturated heterocycles. The van der Waals surface area contributed by atoms with Gasteiger partial charge in [-0.15, -0.1) is 0 Å². The highest BCUT2D eigenvalue weighted by molar-refractivity contribution is 5.99. The lowest BCUT2D eigenvalue weighted by molar-refractivity contribution is 0.112. The second-order valence-electron chi connectivity index (χ2n) is 5.96. The van der Waals surface area contributed by atoms with Crippen LogP contribution in [0.4, 0.5) is 23.0 Å². The maximum Gasteiger partial charge on any atom is 0.159 e. The van der Waals surface area contributed by atoms with Gasteiger partial charge >= 0.3 is 0 Å². The molecule has 3 aromatic rings. The number of aldehydes is 1. The lowest BCUT2D eigenvalue weighted by Gasteiger charge is -2.35. The SMILES string of the molecule is CN1c2nccc(C#Cc3ccccc3)c2N(C)c2c(C=O)ccnc21. The summed E-state index contributed by atoms with van der Waals surface area (Å²) in [5, 5.41) is 0. The maximum atomic E-state index is 11.5. The third-order valence-corrected chi connectivity index (χ3v) is 4.39. The number of nitrogens with zero attached hydrogens (tertiary/aromatic N) is 4. The van der Waals surface area contributed by atoms with Crippen LogP contribution in [0.2, 0.25) is 0 Å². The molecule has 26 heavy (non-hydrogen) atoms. The standard InChI is InChI=1S/C21H16N4O/c1-24-18-16(9-8-15-6-4-3-5-7-15)10-12-22-20(18)25(2)21-19(24)17(14-26)11-13-23-21/h3-7,10-14H,1-2H3. The molecule has 0 atom stereocenters. The first-order chi connectivity index (χ1) is 12.7. The molecule has 0 bridgehead atoms. The Morgan fingerprint density at radius 2 is 1.54 bits per heavy atom. The van der Waals surface area contributed by atoms with Crippen molar-refractivity contribution in [2.45, 2.75) is 0 Å². The third-order valence-electron chi connectivity index (χ3n) is 4.39. The van der Waals surface area contributed by atoms with Crippen LogP contribution in [0.3, 0.4) is 0 Å². The summed E-state index contributed by atoms with van der Waals surface area (Å²) >= 11 is 0. The van der Waals surface area contributed by atoms with Crippen molar-refractivity contribution in [3.05, 3.63) is 71.5 Å². The van der Waals surface area contributed by atoms with Crippen LogP contribution >= 0.6 is 0 Å². The van der Waals surface area contributed by atoms with Crippen molar-refractivity contribution in [2.75, 3.05) is 23.9 Å². The molecular formula is C21H16N4O. The summed E-state index contributed by atoms with van der Waals surface area (Å²) < 4.78 is 0. The number of anilines is 4. The van der Waals surface area contributed by atoms with E-state index in [4.69, 9.17) is 0 Å². The summed E-state index contributed by atoms with van der Waals surface area (Å²) in [7, 11) is 3.81.